The summed E-state index contributed by atoms with van der Waals surface area (Å²) in [7, 11) is 0. The third-order valence-electron chi connectivity index (χ3n) is 2.72. The van der Waals surface area contributed by atoms with Crippen molar-refractivity contribution in [2.24, 2.45) is 0 Å². The summed E-state index contributed by atoms with van der Waals surface area (Å²) in [5.41, 5.74) is 0.883. The van der Waals surface area contributed by atoms with Gasteiger partial charge in [0.2, 0.25) is 0 Å². The third-order valence-corrected chi connectivity index (χ3v) is 4.46. The maximum atomic E-state index is 9.92. The Morgan fingerprint density at radius 3 is 2.52 bits per heavy atom. The van der Waals surface area contributed by atoms with E-state index in [4.69, 9.17) is 16.3 Å². The summed E-state index contributed by atoms with van der Waals surface area (Å²) in [4.78, 5) is 0. The molecule has 1 atom stereocenters. The minimum absolute atomic E-state index is 0.226. The average Bonchev–Trinajstić information content (AvgIpc) is 2.48. The first-order valence-corrected chi connectivity index (χ1v) is 8.26. The van der Waals surface area contributed by atoms with Crippen LogP contribution in [0, 0.1) is 0 Å². The Bertz CT molecular complexity index is 593. The highest BCUT2D eigenvalue weighted by Crippen LogP contribution is 2.25. The monoisotopic (exact) mass is 433 g/mol. The van der Waals surface area contributed by atoms with Crippen molar-refractivity contribution in [2.75, 3.05) is 18.5 Å². The summed E-state index contributed by atoms with van der Waals surface area (Å²) in [5.74, 6) is 0.728. The first-order chi connectivity index (χ1) is 10.0. The SMILES string of the molecule is OC(CNc1ccc(Cl)c(Br)c1)COc1ccc(Br)cc1. The number of halogens is 3. The number of hydrogen-bond donors (Lipinski definition) is 2. The van der Waals surface area contributed by atoms with Crippen LogP contribution in [0.4, 0.5) is 5.69 Å². The lowest BCUT2D eigenvalue weighted by Gasteiger charge is -2.14. The van der Waals surface area contributed by atoms with E-state index in [1.165, 1.54) is 0 Å². The molecule has 112 valence electrons. The van der Waals surface area contributed by atoms with E-state index < -0.39 is 6.10 Å². The van der Waals surface area contributed by atoms with Gasteiger partial charge in [0.1, 0.15) is 18.5 Å². The first kappa shape index (κ1) is 16.6. The second kappa shape index (κ2) is 8.03. The van der Waals surface area contributed by atoms with Gasteiger partial charge in [-0.2, -0.15) is 0 Å². The summed E-state index contributed by atoms with van der Waals surface area (Å²) >= 11 is 12.6. The average molecular weight is 436 g/mol. The van der Waals surface area contributed by atoms with Gasteiger partial charge >= 0.3 is 0 Å². The van der Waals surface area contributed by atoms with E-state index in [9.17, 15) is 5.11 Å². The van der Waals surface area contributed by atoms with Crippen LogP contribution in [0.25, 0.3) is 0 Å². The first-order valence-electron chi connectivity index (χ1n) is 6.30. The molecule has 21 heavy (non-hydrogen) atoms. The molecule has 0 amide bonds. The molecule has 0 aliphatic rings. The Labute approximate surface area is 145 Å². The second-order valence-corrected chi connectivity index (χ2v) is 6.61. The van der Waals surface area contributed by atoms with Crippen LogP contribution in [0.5, 0.6) is 5.75 Å². The summed E-state index contributed by atoms with van der Waals surface area (Å²) in [6.45, 7) is 0.619. The van der Waals surface area contributed by atoms with Crippen molar-refractivity contribution in [2.45, 2.75) is 6.10 Å². The maximum Gasteiger partial charge on any atom is 0.119 e. The van der Waals surface area contributed by atoms with Crippen molar-refractivity contribution in [1.29, 1.82) is 0 Å². The fraction of sp³-hybridized carbons (Fsp3) is 0.200. The number of benzene rings is 2. The minimum atomic E-state index is -0.608. The molecule has 0 saturated carbocycles. The van der Waals surface area contributed by atoms with Crippen LogP contribution < -0.4 is 10.1 Å². The van der Waals surface area contributed by atoms with Crippen LogP contribution in [0.2, 0.25) is 5.02 Å². The van der Waals surface area contributed by atoms with Crippen molar-refractivity contribution in [3.8, 4) is 5.75 Å². The fourth-order valence-corrected chi connectivity index (χ4v) is 2.38. The molecule has 2 aromatic rings. The second-order valence-electron chi connectivity index (χ2n) is 4.43. The number of ether oxygens (including phenoxy) is 1. The van der Waals surface area contributed by atoms with Crippen LogP contribution >= 0.6 is 43.5 Å². The Hall–Kier alpha value is -0.750. The summed E-state index contributed by atoms with van der Waals surface area (Å²) in [5, 5.41) is 13.7. The molecule has 0 bridgehead atoms. The maximum absolute atomic E-state index is 9.92. The van der Waals surface area contributed by atoms with Gasteiger partial charge < -0.3 is 15.2 Å². The summed E-state index contributed by atoms with van der Waals surface area (Å²) in [6.07, 6.45) is -0.608. The van der Waals surface area contributed by atoms with E-state index in [-0.39, 0.29) is 6.61 Å². The third kappa shape index (κ3) is 5.51. The molecule has 0 heterocycles. The van der Waals surface area contributed by atoms with E-state index in [2.05, 4.69) is 37.2 Å². The zero-order chi connectivity index (χ0) is 15.2. The molecule has 0 aliphatic carbocycles. The van der Waals surface area contributed by atoms with Crippen LogP contribution in [0.15, 0.2) is 51.4 Å². The lowest BCUT2D eigenvalue weighted by Crippen LogP contribution is -2.26. The number of anilines is 1. The molecule has 6 heteroatoms. The smallest absolute Gasteiger partial charge is 0.119 e. The highest BCUT2D eigenvalue weighted by Gasteiger charge is 2.06. The van der Waals surface area contributed by atoms with Crippen molar-refractivity contribution in [1.82, 2.24) is 0 Å². The van der Waals surface area contributed by atoms with Gasteiger partial charge in [0.05, 0.1) is 5.02 Å². The number of rotatable bonds is 6. The Morgan fingerprint density at radius 1 is 1.14 bits per heavy atom. The Morgan fingerprint density at radius 2 is 1.86 bits per heavy atom. The molecule has 0 fully saturated rings. The molecule has 3 nitrogen and oxygen atoms in total. The van der Waals surface area contributed by atoms with Gasteiger partial charge in [0.15, 0.2) is 0 Å². The van der Waals surface area contributed by atoms with Gasteiger partial charge in [-0.05, 0) is 58.4 Å². The highest BCUT2D eigenvalue weighted by molar-refractivity contribution is 9.10. The quantitative estimate of drug-likeness (QED) is 0.690. The largest absolute Gasteiger partial charge is 0.491 e. The molecule has 2 rings (SSSR count). The van der Waals surface area contributed by atoms with Crippen molar-refractivity contribution in [3.63, 3.8) is 0 Å². The standard InChI is InChI=1S/C15H14Br2ClNO2/c16-10-1-4-13(5-2-10)21-9-12(20)8-19-11-3-6-15(18)14(17)7-11/h1-7,12,19-20H,8-9H2. The molecule has 0 aliphatic heterocycles. The van der Waals surface area contributed by atoms with E-state index in [0.29, 0.717) is 11.6 Å². The predicted molar refractivity (Wildman–Crippen MR) is 93.3 cm³/mol. The van der Waals surface area contributed by atoms with E-state index in [1.807, 2.05) is 36.4 Å². The molecule has 0 spiro atoms. The van der Waals surface area contributed by atoms with Gasteiger partial charge in [0.25, 0.3) is 0 Å². The highest BCUT2D eigenvalue weighted by atomic mass is 79.9. The Kier molecular flexibility index (Phi) is 6.36. The van der Waals surface area contributed by atoms with Crippen LogP contribution in [-0.4, -0.2) is 24.4 Å². The summed E-state index contributed by atoms with van der Waals surface area (Å²) in [6, 6.07) is 13.0. The molecule has 1 unspecified atom stereocenters. The fourth-order valence-electron chi connectivity index (χ4n) is 1.62. The van der Waals surface area contributed by atoms with Gasteiger partial charge in [0, 0.05) is 21.2 Å². The van der Waals surface area contributed by atoms with Crippen molar-refractivity contribution in [3.05, 3.63) is 56.4 Å². The van der Waals surface area contributed by atoms with Crippen molar-refractivity contribution >= 4 is 49.1 Å². The normalized spacial score (nSPS) is 12.0. The lowest BCUT2D eigenvalue weighted by atomic mass is 10.3. The predicted octanol–water partition coefficient (Wildman–Crippen LogP) is 4.72. The van der Waals surface area contributed by atoms with E-state index >= 15 is 0 Å². The van der Waals surface area contributed by atoms with Gasteiger partial charge in [-0.15, -0.1) is 0 Å². The van der Waals surface area contributed by atoms with Crippen LogP contribution in [-0.2, 0) is 0 Å². The number of nitrogens with one attached hydrogen (secondary N) is 1. The zero-order valence-corrected chi connectivity index (χ0v) is 15.0. The number of aliphatic hydroxyl groups excluding tert-OH is 1. The van der Waals surface area contributed by atoms with Crippen LogP contribution in [0.3, 0.4) is 0 Å². The molecule has 0 saturated heterocycles. The molecule has 2 N–H and O–H groups in total. The van der Waals surface area contributed by atoms with E-state index in [0.717, 1.165) is 20.4 Å². The number of aliphatic hydroxyl groups is 1. The molecule has 0 radical (unpaired) electrons. The van der Waals surface area contributed by atoms with Gasteiger partial charge in [-0.3, -0.25) is 0 Å². The zero-order valence-electron chi connectivity index (χ0n) is 11.0. The molecular weight excluding hydrogens is 421 g/mol. The lowest BCUT2D eigenvalue weighted by molar-refractivity contribution is 0.117. The molecule has 2 aromatic carbocycles. The van der Waals surface area contributed by atoms with Crippen LogP contribution in [0.1, 0.15) is 0 Å². The Balaban J connectivity index is 1.77. The minimum Gasteiger partial charge on any atom is -0.491 e. The van der Waals surface area contributed by atoms with E-state index in [1.54, 1.807) is 6.07 Å². The molecule has 0 aromatic heterocycles. The van der Waals surface area contributed by atoms with Gasteiger partial charge in [-0.1, -0.05) is 27.5 Å². The van der Waals surface area contributed by atoms with Gasteiger partial charge in [-0.25, -0.2) is 0 Å². The number of hydrogen-bond acceptors (Lipinski definition) is 3. The topological polar surface area (TPSA) is 41.5 Å². The molecular formula is C15H14Br2ClNO2. The summed E-state index contributed by atoms with van der Waals surface area (Å²) < 4.78 is 7.32. The van der Waals surface area contributed by atoms with Crippen molar-refractivity contribution < 1.29 is 9.84 Å².